The molecule has 0 unspecified atom stereocenters. The van der Waals surface area contributed by atoms with Gasteiger partial charge in [0.15, 0.2) is 0 Å². The highest BCUT2D eigenvalue weighted by Gasteiger charge is 2.32. The van der Waals surface area contributed by atoms with Crippen LogP contribution in [-0.4, -0.2) is 33.7 Å². The van der Waals surface area contributed by atoms with E-state index in [1.807, 2.05) is 12.1 Å². The molecule has 0 saturated heterocycles. The van der Waals surface area contributed by atoms with E-state index in [0.717, 1.165) is 67.4 Å². The van der Waals surface area contributed by atoms with Gasteiger partial charge in [-0.05, 0) is 55.9 Å². The lowest BCUT2D eigenvalue weighted by Gasteiger charge is -2.29. The Balaban J connectivity index is 1.29. The van der Waals surface area contributed by atoms with Gasteiger partial charge in [0.25, 0.3) is 5.91 Å². The molecule has 33 heavy (non-hydrogen) atoms. The summed E-state index contributed by atoms with van der Waals surface area (Å²) in [5.74, 6) is 0.657. The quantitative estimate of drug-likeness (QED) is 0.435. The van der Waals surface area contributed by atoms with Gasteiger partial charge in [0.1, 0.15) is 5.82 Å². The van der Waals surface area contributed by atoms with Crippen LogP contribution in [0.5, 0.6) is 0 Å². The molecule has 10 heteroatoms. The zero-order valence-electron chi connectivity index (χ0n) is 17.6. The van der Waals surface area contributed by atoms with Gasteiger partial charge >= 0.3 is 6.18 Å². The molecule has 0 spiro atoms. The zero-order valence-corrected chi connectivity index (χ0v) is 18.4. The summed E-state index contributed by atoms with van der Waals surface area (Å²) in [6.07, 6.45) is 3.96. The molecule has 0 bridgehead atoms. The number of rotatable bonds is 6. The second kappa shape index (κ2) is 9.82. The SMILES string of the molecule is O=C(NC1CCC(CNc2[nH]ncc2-c2cccnc2)CC1)c1cc(C(F)(F)F)ccc1Cl. The number of hydrogen-bond acceptors (Lipinski definition) is 4. The van der Waals surface area contributed by atoms with Crippen molar-refractivity contribution in [1.82, 2.24) is 20.5 Å². The third kappa shape index (κ3) is 5.65. The van der Waals surface area contributed by atoms with Gasteiger partial charge in [0.2, 0.25) is 0 Å². The molecule has 1 aliphatic rings. The minimum Gasteiger partial charge on any atom is -0.370 e. The predicted molar refractivity (Wildman–Crippen MR) is 120 cm³/mol. The van der Waals surface area contributed by atoms with Crippen LogP contribution in [0.1, 0.15) is 41.6 Å². The summed E-state index contributed by atoms with van der Waals surface area (Å²) >= 11 is 5.98. The van der Waals surface area contributed by atoms with E-state index in [2.05, 4.69) is 25.8 Å². The number of hydrogen-bond donors (Lipinski definition) is 3. The Morgan fingerprint density at radius 3 is 2.64 bits per heavy atom. The first-order chi connectivity index (χ1) is 15.8. The van der Waals surface area contributed by atoms with Crippen molar-refractivity contribution in [2.24, 2.45) is 5.92 Å². The van der Waals surface area contributed by atoms with Crippen molar-refractivity contribution in [2.75, 3.05) is 11.9 Å². The van der Waals surface area contributed by atoms with Crippen molar-refractivity contribution in [3.8, 4) is 11.1 Å². The van der Waals surface area contributed by atoms with Crippen LogP contribution in [0.3, 0.4) is 0 Å². The number of nitrogens with zero attached hydrogens (tertiary/aromatic N) is 2. The minimum absolute atomic E-state index is 0.00219. The highest BCUT2D eigenvalue weighted by Crippen LogP contribution is 2.32. The predicted octanol–water partition coefficient (Wildman–Crippen LogP) is 5.54. The number of pyridine rings is 1. The smallest absolute Gasteiger partial charge is 0.370 e. The fourth-order valence-corrected chi connectivity index (χ4v) is 4.26. The average Bonchev–Trinajstić information content (AvgIpc) is 3.27. The number of carbonyl (C=O) groups is 1. The van der Waals surface area contributed by atoms with Crippen molar-refractivity contribution in [2.45, 2.75) is 37.9 Å². The molecule has 0 atom stereocenters. The Kier molecular flexibility index (Phi) is 6.88. The van der Waals surface area contributed by atoms with Crippen molar-refractivity contribution >= 4 is 23.3 Å². The molecule has 1 fully saturated rings. The van der Waals surface area contributed by atoms with Crippen molar-refractivity contribution in [3.05, 3.63) is 65.1 Å². The Morgan fingerprint density at radius 2 is 1.94 bits per heavy atom. The first-order valence-corrected chi connectivity index (χ1v) is 11.0. The fourth-order valence-electron chi connectivity index (χ4n) is 4.06. The highest BCUT2D eigenvalue weighted by molar-refractivity contribution is 6.33. The van der Waals surface area contributed by atoms with Gasteiger partial charge in [-0.1, -0.05) is 17.7 Å². The van der Waals surface area contributed by atoms with Gasteiger partial charge in [0.05, 0.1) is 22.3 Å². The number of nitrogens with one attached hydrogen (secondary N) is 3. The van der Waals surface area contributed by atoms with Crippen LogP contribution < -0.4 is 10.6 Å². The molecular formula is C23H23ClF3N5O. The summed E-state index contributed by atoms with van der Waals surface area (Å²) < 4.78 is 38.9. The molecule has 1 saturated carbocycles. The largest absolute Gasteiger partial charge is 0.416 e. The van der Waals surface area contributed by atoms with E-state index in [0.29, 0.717) is 5.92 Å². The first kappa shape index (κ1) is 23.1. The topological polar surface area (TPSA) is 82.7 Å². The molecule has 3 aromatic rings. The Bertz CT molecular complexity index is 1090. The second-order valence-corrected chi connectivity index (χ2v) is 8.57. The number of carbonyl (C=O) groups excluding carboxylic acids is 1. The van der Waals surface area contributed by atoms with Crippen LogP contribution >= 0.6 is 11.6 Å². The third-order valence-electron chi connectivity index (χ3n) is 5.90. The van der Waals surface area contributed by atoms with Crippen LogP contribution in [0.25, 0.3) is 11.1 Å². The maximum Gasteiger partial charge on any atom is 0.416 e. The summed E-state index contributed by atoms with van der Waals surface area (Å²) in [7, 11) is 0. The monoisotopic (exact) mass is 477 g/mol. The summed E-state index contributed by atoms with van der Waals surface area (Å²) in [5, 5.41) is 13.4. The van der Waals surface area contributed by atoms with E-state index in [1.165, 1.54) is 0 Å². The number of H-pyrrole nitrogens is 1. The van der Waals surface area contributed by atoms with Crippen LogP contribution in [0.2, 0.25) is 5.02 Å². The summed E-state index contributed by atoms with van der Waals surface area (Å²) in [6, 6.07) is 6.52. The lowest BCUT2D eigenvalue weighted by atomic mass is 9.86. The van der Waals surface area contributed by atoms with Crippen molar-refractivity contribution < 1.29 is 18.0 Å². The van der Waals surface area contributed by atoms with Crippen LogP contribution in [-0.2, 0) is 6.18 Å². The average molecular weight is 478 g/mol. The maximum absolute atomic E-state index is 13.0. The van der Waals surface area contributed by atoms with Gasteiger partial charge in [-0.15, -0.1) is 0 Å². The van der Waals surface area contributed by atoms with E-state index in [4.69, 9.17) is 11.6 Å². The second-order valence-electron chi connectivity index (χ2n) is 8.16. The molecule has 4 rings (SSSR count). The lowest BCUT2D eigenvalue weighted by Crippen LogP contribution is -2.38. The standard InChI is InChI=1S/C23H23ClF3N5O/c24-20-8-5-16(23(25,26)27)10-18(20)22(33)31-17-6-3-14(4-7-17)11-29-21-19(13-30-32-21)15-2-1-9-28-12-15/h1-2,5,8-10,12-14,17H,3-4,6-7,11H2,(H,31,33)(H2,29,30,32). The molecule has 6 nitrogen and oxygen atoms in total. The Hall–Kier alpha value is -3.07. The van der Waals surface area contributed by atoms with E-state index >= 15 is 0 Å². The van der Waals surface area contributed by atoms with Gasteiger partial charge < -0.3 is 10.6 Å². The van der Waals surface area contributed by atoms with Crippen LogP contribution in [0.4, 0.5) is 19.0 Å². The van der Waals surface area contributed by atoms with Gasteiger partial charge in [-0.3, -0.25) is 14.9 Å². The van der Waals surface area contributed by atoms with Gasteiger partial charge in [0, 0.05) is 36.1 Å². The van der Waals surface area contributed by atoms with E-state index < -0.39 is 17.6 Å². The Morgan fingerprint density at radius 1 is 1.15 bits per heavy atom. The highest BCUT2D eigenvalue weighted by atomic mass is 35.5. The fraction of sp³-hybridized carbons (Fsp3) is 0.348. The summed E-state index contributed by atoms with van der Waals surface area (Å²) in [6.45, 7) is 0.746. The lowest BCUT2D eigenvalue weighted by molar-refractivity contribution is -0.137. The van der Waals surface area contributed by atoms with Crippen LogP contribution in [0, 0.1) is 5.92 Å². The van der Waals surface area contributed by atoms with E-state index in [-0.39, 0.29) is 16.6 Å². The number of aromatic nitrogens is 3. The van der Waals surface area contributed by atoms with Gasteiger partial charge in [-0.2, -0.15) is 18.3 Å². The minimum atomic E-state index is -4.53. The van der Waals surface area contributed by atoms with E-state index in [9.17, 15) is 18.0 Å². The zero-order chi connectivity index (χ0) is 23.4. The van der Waals surface area contributed by atoms with Crippen LogP contribution in [0.15, 0.2) is 48.9 Å². The Labute approximate surface area is 194 Å². The molecule has 0 radical (unpaired) electrons. The summed E-state index contributed by atoms with van der Waals surface area (Å²) in [5.41, 5.74) is 0.865. The molecule has 1 aliphatic carbocycles. The molecule has 2 aromatic heterocycles. The summed E-state index contributed by atoms with van der Waals surface area (Å²) in [4.78, 5) is 16.7. The van der Waals surface area contributed by atoms with Crippen molar-refractivity contribution in [3.63, 3.8) is 0 Å². The number of amides is 1. The number of anilines is 1. The first-order valence-electron chi connectivity index (χ1n) is 10.7. The number of benzene rings is 1. The normalized spacial score (nSPS) is 18.7. The third-order valence-corrected chi connectivity index (χ3v) is 6.23. The molecule has 1 aromatic carbocycles. The number of alkyl halides is 3. The number of halogens is 4. The molecule has 174 valence electrons. The number of aromatic amines is 1. The maximum atomic E-state index is 13.0. The van der Waals surface area contributed by atoms with E-state index in [1.54, 1.807) is 18.6 Å². The van der Waals surface area contributed by atoms with Crippen molar-refractivity contribution in [1.29, 1.82) is 0 Å². The molecule has 1 amide bonds. The molecule has 2 heterocycles. The van der Waals surface area contributed by atoms with Gasteiger partial charge in [-0.25, -0.2) is 0 Å². The molecule has 3 N–H and O–H groups in total. The molecular weight excluding hydrogens is 455 g/mol. The molecule has 0 aliphatic heterocycles.